The topological polar surface area (TPSA) is 9.23 Å². The summed E-state index contributed by atoms with van der Waals surface area (Å²) in [6.45, 7) is 36.0. The summed E-state index contributed by atoms with van der Waals surface area (Å²) < 4.78 is 8.71. The van der Waals surface area contributed by atoms with Crippen LogP contribution in [0.1, 0.15) is 189 Å². The number of benzene rings is 5. The number of hydrogen-bond donors (Lipinski definition) is 0. The molecule has 0 atom stereocenters. The molecule has 1 aliphatic rings. The van der Waals surface area contributed by atoms with Crippen LogP contribution in [0.2, 0.25) is 0 Å². The first-order valence-electron chi connectivity index (χ1n) is 21.9. The molecule has 0 aromatic heterocycles. The van der Waals surface area contributed by atoms with Crippen LogP contribution in [-0.2, 0) is 10.0 Å². The van der Waals surface area contributed by atoms with E-state index in [1.54, 1.807) is 0 Å². The molecule has 2 heteroatoms. The fourth-order valence-corrected chi connectivity index (χ4v) is 16.0. The minimum absolute atomic E-state index is 0.227. The van der Waals surface area contributed by atoms with Gasteiger partial charge in [-0.3, -0.25) is 0 Å². The zero-order valence-corrected chi connectivity index (χ0v) is 38.8. The zero-order chi connectivity index (χ0) is 41.6. The first-order valence-corrected chi connectivity index (χ1v) is 23.8. The van der Waals surface area contributed by atoms with Crippen molar-refractivity contribution in [3.05, 3.63) is 171 Å². The second-order valence-electron chi connectivity index (χ2n) is 19.6. The van der Waals surface area contributed by atoms with Crippen molar-refractivity contribution in [2.75, 3.05) is 0 Å². The summed E-state index contributed by atoms with van der Waals surface area (Å²) in [6, 6.07) is 44.0. The SMILES string of the molecule is CC(C)c1cc(C(C)C)c([Si]2(c3c(C(C)C)cc(C(C)C)cc3C(C)C)OC(c3ccccc3)(c3ccccc3)/C2=C(\c2ccccc2)C(C)(C)C)c(C(C)C)c1. The van der Waals surface area contributed by atoms with Crippen LogP contribution in [0.5, 0.6) is 0 Å². The fourth-order valence-electron chi connectivity index (χ4n) is 9.56. The molecule has 0 unspecified atom stereocenters. The van der Waals surface area contributed by atoms with Crippen molar-refractivity contribution in [2.45, 2.75) is 145 Å². The molecule has 6 rings (SSSR count). The largest absolute Gasteiger partial charge is 0.387 e. The Morgan fingerprint density at radius 3 is 1.05 bits per heavy atom. The first kappa shape index (κ1) is 42.6. The maximum atomic E-state index is 8.71. The van der Waals surface area contributed by atoms with E-state index in [0.29, 0.717) is 35.5 Å². The van der Waals surface area contributed by atoms with Crippen LogP contribution in [0.3, 0.4) is 0 Å². The van der Waals surface area contributed by atoms with E-state index in [1.165, 1.54) is 71.2 Å². The molecule has 1 fully saturated rings. The summed E-state index contributed by atoms with van der Waals surface area (Å²) >= 11 is 0. The monoisotopic (exact) mass is 775 g/mol. The summed E-state index contributed by atoms with van der Waals surface area (Å²) in [7, 11) is -3.45. The van der Waals surface area contributed by atoms with Gasteiger partial charge in [0.2, 0.25) is 0 Å². The molecule has 1 saturated heterocycles. The number of hydrogen-bond acceptors (Lipinski definition) is 1. The lowest BCUT2D eigenvalue weighted by molar-refractivity contribution is 0.104. The molecular formula is C55H70OSi. The molecule has 1 aliphatic heterocycles. The van der Waals surface area contributed by atoms with Crippen LogP contribution in [0.25, 0.3) is 5.57 Å². The molecule has 5 aromatic rings. The molecule has 0 aliphatic carbocycles. The van der Waals surface area contributed by atoms with Gasteiger partial charge in [0, 0.05) is 0 Å². The van der Waals surface area contributed by atoms with Crippen LogP contribution in [0, 0.1) is 5.41 Å². The van der Waals surface area contributed by atoms with E-state index in [-0.39, 0.29) is 5.41 Å². The molecule has 300 valence electrons. The third kappa shape index (κ3) is 7.47. The summed E-state index contributed by atoms with van der Waals surface area (Å²) in [5.41, 5.74) is 12.7. The fraction of sp³-hybridized carbons (Fsp3) is 0.418. The van der Waals surface area contributed by atoms with Crippen molar-refractivity contribution in [1.29, 1.82) is 0 Å². The quantitative estimate of drug-likeness (QED) is 0.121. The Labute approximate surface area is 348 Å². The van der Waals surface area contributed by atoms with E-state index >= 15 is 0 Å². The minimum atomic E-state index is -3.45. The number of rotatable bonds is 11. The average Bonchev–Trinajstić information content (AvgIpc) is 3.16. The lowest BCUT2D eigenvalue weighted by Gasteiger charge is -2.62. The second kappa shape index (κ2) is 16.3. The average molecular weight is 775 g/mol. The summed E-state index contributed by atoms with van der Waals surface area (Å²) in [6.07, 6.45) is 0. The van der Waals surface area contributed by atoms with Crippen LogP contribution in [0.4, 0.5) is 0 Å². The maximum absolute atomic E-state index is 8.71. The molecule has 1 heterocycles. The van der Waals surface area contributed by atoms with Crippen LogP contribution >= 0.6 is 0 Å². The van der Waals surface area contributed by atoms with Gasteiger partial charge >= 0.3 is 0 Å². The molecule has 0 amide bonds. The Morgan fingerprint density at radius 1 is 0.456 bits per heavy atom. The third-order valence-electron chi connectivity index (χ3n) is 12.4. The molecule has 0 N–H and O–H groups in total. The van der Waals surface area contributed by atoms with Gasteiger partial charge in [-0.25, -0.2) is 0 Å². The van der Waals surface area contributed by atoms with Gasteiger partial charge in [-0.2, -0.15) is 0 Å². The van der Waals surface area contributed by atoms with Crippen LogP contribution < -0.4 is 10.4 Å². The van der Waals surface area contributed by atoms with Crippen LogP contribution in [-0.4, -0.2) is 8.32 Å². The van der Waals surface area contributed by atoms with E-state index in [2.05, 4.69) is 219 Å². The van der Waals surface area contributed by atoms with Gasteiger partial charge in [0.1, 0.15) is 5.60 Å². The van der Waals surface area contributed by atoms with Crippen molar-refractivity contribution in [3.63, 3.8) is 0 Å². The van der Waals surface area contributed by atoms with Gasteiger partial charge in [0.05, 0.1) is 0 Å². The Bertz CT molecular complexity index is 2020. The van der Waals surface area contributed by atoms with Crippen molar-refractivity contribution in [3.8, 4) is 0 Å². The predicted octanol–water partition coefficient (Wildman–Crippen LogP) is 14.5. The lowest BCUT2D eigenvalue weighted by atomic mass is 9.75. The van der Waals surface area contributed by atoms with E-state index in [1.807, 2.05) is 0 Å². The van der Waals surface area contributed by atoms with Crippen molar-refractivity contribution < 1.29 is 4.43 Å². The highest BCUT2D eigenvalue weighted by atomic mass is 28.4. The number of allylic oxidation sites excluding steroid dienone is 1. The molecule has 5 aromatic carbocycles. The molecule has 0 bridgehead atoms. The molecule has 1 nitrogen and oxygen atoms in total. The molecular weight excluding hydrogens is 705 g/mol. The molecule has 0 spiro atoms. The summed E-state index contributed by atoms with van der Waals surface area (Å²) in [5, 5.41) is 4.44. The Morgan fingerprint density at radius 2 is 0.772 bits per heavy atom. The summed E-state index contributed by atoms with van der Waals surface area (Å²) in [5.74, 6) is 2.00. The maximum Gasteiger partial charge on any atom is 0.290 e. The predicted molar refractivity (Wildman–Crippen MR) is 250 cm³/mol. The highest BCUT2D eigenvalue weighted by Crippen LogP contribution is 2.61. The molecule has 57 heavy (non-hydrogen) atoms. The Balaban J connectivity index is 2.04. The lowest BCUT2D eigenvalue weighted by Crippen LogP contribution is -2.80. The van der Waals surface area contributed by atoms with Crippen molar-refractivity contribution in [1.82, 2.24) is 0 Å². The van der Waals surface area contributed by atoms with Gasteiger partial charge in [0.25, 0.3) is 8.32 Å². The Hall–Kier alpha value is -3.98. The molecule has 0 saturated carbocycles. The van der Waals surface area contributed by atoms with Gasteiger partial charge in [-0.15, -0.1) is 0 Å². The standard InChI is InChI=1S/C55H70OSi/c1-35(2)42-31-46(37(5)6)51(47(32-42)38(7)8)57(52-48(39(9)10)33-43(36(3)4)34-49(52)40(11)12)53(50(54(13,14)15)41-25-19-16-20-26-41)55(56-57,44-27-21-17-22-28-44)45-29-23-18-24-30-45/h16-40H,1-15H3/b53-50-. The smallest absolute Gasteiger partial charge is 0.290 e. The van der Waals surface area contributed by atoms with Gasteiger partial charge < -0.3 is 4.43 Å². The highest BCUT2D eigenvalue weighted by molar-refractivity contribution is 7.07. The first-order chi connectivity index (χ1) is 26.9. The summed E-state index contributed by atoms with van der Waals surface area (Å²) in [4.78, 5) is 0. The minimum Gasteiger partial charge on any atom is -0.387 e. The van der Waals surface area contributed by atoms with Gasteiger partial charge in [-0.1, -0.05) is 219 Å². The molecule has 0 radical (unpaired) electrons. The highest BCUT2D eigenvalue weighted by Gasteiger charge is 2.70. The van der Waals surface area contributed by atoms with Crippen LogP contribution in [0.15, 0.2) is 120 Å². The Kier molecular flexibility index (Phi) is 12.2. The van der Waals surface area contributed by atoms with E-state index < -0.39 is 13.9 Å². The van der Waals surface area contributed by atoms with E-state index in [9.17, 15) is 0 Å². The second-order valence-corrected chi connectivity index (χ2v) is 22.7. The van der Waals surface area contributed by atoms with Gasteiger partial charge in [0.15, 0.2) is 0 Å². The van der Waals surface area contributed by atoms with Crippen molar-refractivity contribution >= 4 is 24.3 Å². The zero-order valence-electron chi connectivity index (χ0n) is 37.8. The normalized spacial score (nSPS) is 16.3. The van der Waals surface area contributed by atoms with Gasteiger partial charge in [-0.05, 0) is 112 Å². The third-order valence-corrected chi connectivity index (χ3v) is 16.9. The van der Waals surface area contributed by atoms with Crippen molar-refractivity contribution in [2.24, 2.45) is 5.41 Å². The van der Waals surface area contributed by atoms with E-state index in [0.717, 1.165) is 0 Å². The van der Waals surface area contributed by atoms with E-state index in [4.69, 9.17) is 4.43 Å².